The molecule has 1 rings (SSSR count). The lowest BCUT2D eigenvalue weighted by Crippen LogP contribution is -2.37. The number of carbonyl (C=O) groups is 1. The summed E-state index contributed by atoms with van der Waals surface area (Å²) in [4.78, 5) is 11.8. The summed E-state index contributed by atoms with van der Waals surface area (Å²) in [5.41, 5.74) is 0.579. The van der Waals surface area contributed by atoms with Crippen LogP contribution in [0.2, 0.25) is 5.02 Å². The van der Waals surface area contributed by atoms with Gasteiger partial charge in [-0.3, -0.25) is 4.79 Å². The maximum Gasteiger partial charge on any atom is 0.225 e. The topological polar surface area (TPSA) is 50.4 Å². The van der Waals surface area contributed by atoms with E-state index >= 15 is 0 Å². The van der Waals surface area contributed by atoms with Crippen LogP contribution in [0.15, 0.2) is 18.2 Å². The number of hydrogen-bond acceptors (Lipinski definition) is 3. The van der Waals surface area contributed by atoms with Gasteiger partial charge in [-0.1, -0.05) is 11.6 Å². The summed E-state index contributed by atoms with van der Waals surface area (Å²) in [6.07, 6.45) is 0.394. The molecule has 2 N–H and O–H groups in total. The number of ether oxygens (including phenoxy) is 1. The summed E-state index contributed by atoms with van der Waals surface area (Å²) in [6, 6.07) is 5.15. The van der Waals surface area contributed by atoms with Gasteiger partial charge in [0, 0.05) is 24.6 Å². The highest BCUT2D eigenvalue weighted by Crippen LogP contribution is 2.26. The predicted octanol–water partition coefficient (Wildman–Crippen LogP) is 3.07. The molecule has 0 aliphatic rings. The zero-order valence-corrected chi connectivity index (χ0v) is 12.6. The summed E-state index contributed by atoms with van der Waals surface area (Å²) in [5, 5.41) is 6.54. The Hall–Kier alpha value is -1.26. The third-order valence-electron chi connectivity index (χ3n) is 2.46. The third kappa shape index (κ3) is 5.94. The number of amides is 1. The number of nitrogens with one attached hydrogen (secondary N) is 2. The van der Waals surface area contributed by atoms with E-state index in [9.17, 15) is 4.79 Å². The molecule has 0 aliphatic carbocycles. The van der Waals surface area contributed by atoms with E-state index in [4.69, 9.17) is 16.3 Å². The standard InChI is InChI=1S/C14H21ClN2O2/c1-14(2,3)16-8-7-13(18)17-12-9-10(19-4)5-6-11(12)15/h5-6,9,16H,7-8H2,1-4H3,(H,17,18). The van der Waals surface area contributed by atoms with E-state index in [0.29, 0.717) is 29.4 Å². The second-order valence-corrected chi connectivity index (χ2v) is 5.73. The number of methoxy groups -OCH3 is 1. The molecular formula is C14H21ClN2O2. The first-order valence-electron chi connectivity index (χ1n) is 6.20. The molecule has 0 bridgehead atoms. The average Bonchev–Trinajstić information content (AvgIpc) is 2.30. The van der Waals surface area contributed by atoms with Crippen LogP contribution in [-0.2, 0) is 4.79 Å². The van der Waals surface area contributed by atoms with E-state index in [1.54, 1.807) is 25.3 Å². The predicted molar refractivity (Wildman–Crippen MR) is 79.0 cm³/mol. The molecule has 4 nitrogen and oxygen atoms in total. The van der Waals surface area contributed by atoms with Gasteiger partial charge in [0.2, 0.25) is 5.91 Å². The van der Waals surface area contributed by atoms with Crippen molar-refractivity contribution < 1.29 is 9.53 Å². The molecule has 106 valence electrons. The molecule has 0 aliphatic heterocycles. The molecule has 1 aromatic rings. The molecule has 0 radical (unpaired) electrons. The fourth-order valence-electron chi connectivity index (χ4n) is 1.49. The van der Waals surface area contributed by atoms with Crippen molar-refractivity contribution in [1.82, 2.24) is 5.32 Å². The molecule has 5 heteroatoms. The summed E-state index contributed by atoms with van der Waals surface area (Å²) in [7, 11) is 1.57. The van der Waals surface area contributed by atoms with Crippen molar-refractivity contribution in [2.24, 2.45) is 0 Å². The van der Waals surface area contributed by atoms with Crippen molar-refractivity contribution >= 4 is 23.2 Å². The smallest absolute Gasteiger partial charge is 0.225 e. The summed E-state index contributed by atoms with van der Waals surface area (Å²) in [5.74, 6) is 0.583. The minimum atomic E-state index is -0.0769. The largest absolute Gasteiger partial charge is 0.497 e. The zero-order valence-electron chi connectivity index (χ0n) is 11.8. The fourth-order valence-corrected chi connectivity index (χ4v) is 1.66. The number of halogens is 1. The lowest BCUT2D eigenvalue weighted by Gasteiger charge is -2.20. The van der Waals surface area contributed by atoms with Crippen molar-refractivity contribution in [3.8, 4) is 5.75 Å². The van der Waals surface area contributed by atoms with Crippen molar-refractivity contribution in [1.29, 1.82) is 0 Å². The van der Waals surface area contributed by atoms with E-state index in [2.05, 4.69) is 31.4 Å². The Morgan fingerprint density at radius 2 is 2.05 bits per heavy atom. The molecule has 0 saturated carbocycles. The highest BCUT2D eigenvalue weighted by molar-refractivity contribution is 6.33. The van der Waals surface area contributed by atoms with Gasteiger partial charge in [0.05, 0.1) is 17.8 Å². The van der Waals surface area contributed by atoms with Gasteiger partial charge >= 0.3 is 0 Å². The summed E-state index contributed by atoms with van der Waals surface area (Å²) < 4.78 is 5.09. The van der Waals surface area contributed by atoms with Gasteiger partial charge in [-0.15, -0.1) is 0 Å². The molecule has 0 heterocycles. The Morgan fingerprint density at radius 3 is 2.63 bits per heavy atom. The number of benzene rings is 1. The molecule has 0 unspecified atom stereocenters. The third-order valence-corrected chi connectivity index (χ3v) is 2.78. The summed E-state index contributed by atoms with van der Waals surface area (Å²) in [6.45, 7) is 6.80. The van der Waals surface area contributed by atoms with Gasteiger partial charge in [-0.2, -0.15) is 0 Å². The van der Waals surface area contributed by atoms with Crippen molar-refractivity contribution in [2.75, 3.05) is 19.0 Å². The first-order chi connectivity index (χ1) is 8.81. The number of hydrogen-bond donors (Lipinski definition) is 2. The van der Waals surface area contributed by atoms with Crippen LogP contribution in [0.4, 0.5) is 5.69 Å². The number of rotatable bonds is 5. The Bertz CT molecular complexity index is 442. The van der Waals surface area contributed by atoms with Crippen LogP contribution in [0.5, 0.6) is 5.75 Å². The maximum atomic E-state index is 11.8. The van der Waals surface area contributed by atoms with Crippen molar-refractivity contribution in [3.05, 3.63) is 23.2 Å². The lowest BCUT2D eigenvalue weighted by molar-refractivity contribution is -0.116. The maximum absolute atomic E-state index is 11.8. The monoisotopic (exact) mass is 284 g/mol. The van der Waals surface area contributed by atoms with Crippen LogP contribution in [0.25, 0.3) is 0 Å². The first kappa shape index (κ1) is 15.8. The molecule has 0 atom stereocenters. The van der Waals surface area contributed by atoms with E-state index in [1.807, 2.05) is 0 Å². The van der Waals surface area contributed by atoms with Gasteiger partial charge in [-0.25, -0.2) is 0 Å². The summed E-state index contributed by atoms with van der Waals surface area (Å²) >= 11 is 6.02. The molecule has 0 fully saturated rings. The Balaban J connectivity index is 2.52. The molecule has 0 spiro atoms. The molecule has 0 aromatic heterocycles. The van der Waals surface area contributed by atoms with Crippen LogP contribution in [0.1, 0.15) is 27.2 Å². The van der Waals surface area contributed by atoms with Crippen LogP contribution in [0.3, 0.4) is 0 Å². The molecule has 1 aromatic carbocycles. The van der Waals surface area contributed by atoms with Gasteiger partial charge in [-0.05, 0) is 32.9 Å². The molecule has 0 saturated heterocycles. The normalized spacial score (nSPS) is 11.2. The Kier molecular flexibility index (Phi) is 5.63. The number of anilines is 1. The molecule has 19 heavy (non-hydrogen) atoms. The molecule has 1 amide bonds. The van der Waals surface area contributed by atoms with Gasteiger partial charge in [0.25, 0.3) is 0 Å². The van der Waals surface area contributed by atoms with Crippen LogP contribution in [-0.4, -0.2) is 25.1 Å². The van der Waals surface area contributed by atoms with E-state index < -0.39 is 0 Å². The van der Waals surface area contributed by atoms with Gasteiger partial charge < -0.3 is 15.4 Å². The highest BCUT2D eigenvalue weighted by atomic mass is 35.5. The minimum absolute atomic E-state index is 0.00783. The Morgan fingerprint density at radius 1 is 1.37 bits per heavy atom. The van der Waals surface area contributed by atoms with E-state index in [0.717, 1.165) is 0 Å². The highest BCUT2D eigenvalue weighted by Gasteiger charge is 2.11. The SMILES string of the molecule is COc1ccc(Cl)c(NC(=O)CCNC(C)(C)C)c1. The van der Waals surface area contributed by atoms with Crippen LogP contribution < -0.4 is 15.4 Å². The van der Waals surface area contributed by atoms with Gasteiger partial charge in [0.15, 0.2) is 0 Å². The minimum Gasteiger partial charge on any atom is -0.497 e. The van der Waals surface area contributed by atoms with Crippen molar-refractivity contribution in [3.63, 3.8) is 0 Å². The van der Waals surface area contributed by atoms with E-state index in [-0.39, 0.29) is 11.4 Å². The van der Waals surface area contributed by atoms with Crippen LogP contribution >= 0.6 is 11.6 Å². The lowest BCUT2D eigenvalue weighted by atomic mass is 10.1. The average molecular weight is 285 g/mol. The van der Waals surface area contributed by atoms with Crippen LogP contribution in [0, 0.1) is 0 Å². The second-order valence-electron chi connectivity index (χ2n) is 5.32. The molecular weight excluding hydrogens is 264 g/mol. The second kappa shape index (κ2) is 6.78. The Labute approximate surface area is 119 Å². The quantitative estimate of drug-likeness (QED) is 0.874. The van der Waals surface area contributed by atoms with Gasteiger partial charge in [0.1, 0.15) is 5.75 Å². The first-order valence-corrected chi connectivity index (χ1v) is 6.58. The fraction of sp³-hybridized carbons (Fsp3) is 0.500. The van der Waals surface area contributed by atoms with Crippen molar-refractivity contribution in [2.45, 2.75) is 32.7 Å². The van der Waals surface area contributed by atoms with E-state index in [1.165, 1.54) is 0 Å². The zero-order chi connectivity index (χ0) is 14.5. The number of carbonyl (C=O) groups excluding carboxylic acids is 1.